The molecule has 0 amide bonds. The van der Waals surface area contributed by atoms with E-state index in [4.69, 9.17) is 14.2 Å². The van der Waals surface area contributed by atoms with Gasteiger partial charge in [-0.1, -0.05) is 6.92 Å². The molecule has 5 heteroatoms. The Kier molecular flexibility index (Phi) is 5.36. The molecule has 0 bridgehead atoms. The van der Waals surface area contributed by atoms with Gasteiger partial charge in [0, 0.05) is 5.56 Å². The number of hydrogen-bond acceptors (Lipinski definition) is 5. The molecule has 0 unspecified atom stereocenters. The number of rotatable bonds is 6. The molecule has 19 heavy (non-hydrogen) atoms. The van der Waals surface area contributed by atoms with E-state index < -0.39 is 11.8 Å². The molecule has 0 spiro atoms. The summed E-state index contributed by atoms with van der Waals surface area (Å²) in [5, 5.41) is 0. The summed E-state index contributed by atoms with van der Waals surface area (Å²) >= 11 is 0. The zero-order chi connectivity index (χ0) is 14.4. The van der Waals surface area contributed by atoms with Gasteiger partial charge in [-0.05, 0) is 25.5 Å². The van der Waals surface area contributed by atoms with Crippen LogP contribution in [0.2, 0.25) is 0 Å². The molecule has 0 N–H and O–H groups in total. The largest absolute Gasteiger partial charge is 0.496 e. The van der Waals surface area contributed by atoms with Crippen LogP contribution in [-0.4, -0.2) is 32.6 Å². The molecule has 0 aliphatic heterocycles. The van der Waals surface area contributed by atoms with Gasteiger partial charge in [0.25, 0.3) is 5.78 Å². The Bertz CT molecular complexity index is 479. The zero-order valence-corrected chi connectivity index (χ0v) is 11.6. The summed E-state index contributed by atoms with van der Waals surface area (Å²) in [6, 6.07) is 3.16. The average molecular weight is 266 g/mol. The maximum Gasteiger partial charge on any atom is 0.379 e. The lowest BCUT2D eigenvalue weighted by Crippen LogP contribution is -2.19. The van der Waals surface area contributed by atoms with Crippen LogP contribution in [0.1, 0.15) is 29.8 Å². The molecule has 0 radical (unpaired) electrons. The van der Waals surface area contributed by atoms with Crippen LogP contribution in [0.25, 0.3) is 0 Å². The lowest BCUT2D eigenvalue weighted by atomic mass is 10.0. The van der Waals surface area contributed by atoms with Crippen molar-refractivity contribution >= 4 is 11.8 Å². The molecule has 0 aliphatic carbocycles. The third-order valence-corrected chi connectivity index (χ3v) is 2.70. The van der Waals surface area contributed by atoms with Crippen LogP contribution < -0.4 is 9.47 Å². The lowest BCUT2D eigenvalue weighted by Gasteiger charge is -2.14. The zero-order valence-electron chi connectivity index (χ0n) is 11.6. The summed E-state index contributed by atoms with van der Waals surface area (Å²) in [5.74, 6) is -0.608. The van der Waals surface area contributed by atoms with Crippen molar-refractivity contribution in [2.75, 3.05) is 20.8 Å². The van der Waals surface area contributed by atoms with Crippen molar-refractivity contribution in [3.05, 3.63) is 23.3 Å². The molecular formula is C14H18O5. The number of Topliss-reactive ketones (excluding diaryl/α,β-unsaturated/α-hetero) is 1. The van der Waals surface area contributed by atoms with Crippen LogP contribution in [-0.2, 0) is 16.0 Å². The SMILES string of the molecule is CCOC(=O)C(=O)c1ccc(OC)c(CC)c1OC. The fraction of sp³-hybridized carbons (Fsp3) is 0.429. The van der Waals surface area contributed by atoms with Crippen molar-refractivity contribution < 1.29 is 23.8 Å². The first-order valence-electron chi connectivity index (χ1n) is 6.05. The maximum atomic E-state index is 12.0. The summed E-state index contributed by atoms with van der Waals surface area (Å²) < 4.78 is 15.2. The number of ketones is 1. The second kappa shape index (κ2) is 6.78. The Hall–Kier alpha value is -2.04. The van der Waals surface area contributed by atoms with Crippen molar-refractivity contribution in [1.29, 1.82) is 0 Å². The predicted molar refractivity (Wildman–Crippen MR) is 69.9 cm³/mol. The van der Waals surface area contributed by atoms with Gasteiger partial charge in [0.1, 0.15) is 11.5 Å². The molecule has 0 fully saturated rings. The van der Waals surface area contributed by atoms with Gasteiger partial charge in [-0.25, -0.2) is 4.79 Å². The Morgan fingerprint density at radius 2 is 1.79 bits per heavy atom. The Labute approximate surface area is 112 Å². The molecule has 1 aromatic rings. The van der Waals surface area contributed by atoms with Gasteiger partial charge in [0.2, 0.25) is 0 Å². The standard InChI is InChI=1S/C14H18O5/c1-5-9-11(17-3)8-7-10(13(9)18-4)12(15)14(16)19-6-2/h7-8H,5-6H2,1-4H3. The highest BCUT2D eigenvalue weighted by molar-refractivity contribution is 6.41. The summed E-state index contributed by atoms with van der Waals surface area (Å²) in [7, 11) is 3.00. The molecule has 5 nitrogen and oxygen atoms in total. The van der Waals surface area contributed by atoms with Gasteiger partial charge >= 0.3 is 5.97 Å². The van der Waals surface area contributed by atoms with Crippen molar-refractivity contribution in [3.8, 4) is 11.5 Å². The predicted octanol–water partition coefficient (Wildman–Crippen LogP) is 2.01. The highest BCUT2D eigenvalue weighted by Gasteiger charge is 2.24. The minimum Gasteiger partial charge on any atom is -0.496 e. The van der Waals surface area contributed by atoms with Crippen LogP contribution >= 0.6 is 0 Å². The fourth-order valence-corrected chi connectivity index (χ4v) is 1.85. The smallest absolute Gasteiger partial charge is 0.379 e. The molecule has 0 saturated carbocycles. The van der Waals surface area contributed by atoms with E-state index in [1.54, 1.807) is 20.1 Å². The summed E-state index contributed by atoms with van der Waals surface area (Å²) in [6.07, 6.45) is 0.621. The molecule has 0 atom stereocenters. The third kappa shape index (κ3) is 3.05. The first kappa shape index (κ1) is 15.0. The first-order chi connectivity index (χ1) is 9.10. The van der Waals surface area contributed by atoms with Crippen LogP contribution in [0.4, 0.5) is 0 Å². The number of methoxy groups -OCH3 is 2. The summed E-state index contributed by atoms with van der Waals surface area (Å²) in [6.45, 7) is 3.72. The van der Waals surface area contributed by atoms with Crippen molar-refractivity contribution in [1.82, 2.24) is 0 Å². The topological polar surface area (TPSA) is 61.8 Å². The third-order valence-electron chi connectivity index (χ3n) is 2.70. The van der Waals surface area contributed by atoms with E-state index in [0.717, 1.165) is 5.56 Å². The maximum absolute atomic E-state index is 12.0. The van der Waals surface area contributed by atoms with Crippen LogP contribution in [0.5, 0.6) is 11.5 Å². The second-order valence-corrected chi connectivity index (χ2v) is 3.73. The normalized spacial score (nSPS) is 9.89. The summed E-state index contributed by atoms with van der Waals surface area (Å²) in [4.78, 5) is 23.5. The van der Waals surface area contributed by atoms with Crippen LogP contribution in [0.3, 0.4) is 0 Å². The van der Waals surface area contributed by atoms with Crippen LogP contribution in [0, 0.1) is 0 Å². The number of ether oxygens (including phenoxy) is 3. The van der Waals surface area contributed by atoms with Gasteiger partial charge in [-0.15, -0.1) is 0 Å². The average Bonchev–Trinajstić information content (AvgIpc) is 2.44. The quantitative estimate of drug-likeness (QED) is 0.448. The number of carbonyl (C=O) groups is 2. The van der Waals surface area contributed by atoms with E-state index in [0.29, 0.717) is 17.9 Å². The van der Waals surface area contributed by atoms with E-state index >= 15 is 0 Å². The van der Waals surface area contributed by atoms with E-state index in [2.05, 4.69) is 0 Å². The Morgan fingerprint density at radius 1 is 1.11 bits per heavy atom. The van der Waals surface area contributed by atoms with Crippen LogP contribution in [0.15, 0.2) is 12.1 Å². The molecule has 1 aromatic carbocycles. The van der Waals surface area contributed by atoms with Gasteiger partial charge in [0.15, 0.2) is 0 Å². The van der Waals surface area contributed by atoms with E-state index in [1.165, 1.54) is 13.2 Å². The molecule has 0 heterocycles. The van der Waals surface area contributed by atoms with Gasteiger partial charge in [-0.2, -0.15) is 0 Å². The van der Waals surface area contributed by atoms with Gasteiger partial charge in [-0.3, -0.25) is 4.79 Å². The van der Waals surface area contributed by atoms with E-state index in [-0.39, 0.29) is 12.2 Å². The minimum atomic E-state index is -0.881. The van der Waals surface area contributed by atoms with Crippen molar-refractivity contribution in [3.63, 3.8) is 0 Å². The second-order valence-electron chi connectivity index (χ2n) is 3.73. The number of hydrogen-bond donors (Lipinski definition) is 0. The van der Waals surface area contributed by atoms with Gasteiger partial charge in [0.05, 0.1) is 26.4 Å². The monoisotopic (exact) mass is 266 g/mol. The lowest BCUT2D eigenvalue weighted by molar-refractivity contribution is -0.137. The molecular weight excluding hydrogens is 248 g/mol. The molecule has 104 valence electrons. The highest BCUT2D eigenvalue weighted by Crippen LogP contribution is 2.33. The van der Waals surface area contributed by atoms with E-state index in [9.17, 15) is 9.59 Å². The number of esters is 1. The Balaban J connectivity index is 3.28. The Morgan fingerprint density at radius 3 is 2.26 bits per heavy atom. The van der Waals surface area contributed by atoms with E-state index in [1.807, 2.05) is 6.92 Å². The highest BCUT2D eigenvalue weighted by atomic mass is 16.5. The molecule has 0 aromatic heterocycles. The van der Waals surface area contributed by atoms with Crippen molar-refractivity contribution in [2.45, 2.75) is 20.3 Å². The molecule has 0 saturated heterocycles. The number of carbonyl (C=O) groups excluding carboxylic acids is 2. The van der Waals surface area contributed by atoms with Crippen molar-refractivity contribution in [2.24, 2.45) is 0 Å². The van der Waals surface area contributed by atoms with Gasteiger partial charge < -0.3 is 14.2 Å². The minimum absolute atomic E-state index is 0.156. The number of benzene rings is 1. The first-order valence-corrected chi connectivity index (χ1v) is 6.05. The summed E-state index contributed by atoms with van der Waals surface area (Å²) in [5.41, 5.74) is 0.943. The molecule has 0 aliphatic rings. The fourth-order valence-electron chi connectivity index (χ4n) is 1.85. The molecule has 1 rings (SSSR count).